The number of phenols is 1. The number of allylic oxidation sites excluding steroid dienone is 1. The number of nitrogens with one attached hydrogen (secondary N) is 2. The molecule has 3 rings (SSSR count). The maximum atomic E-state index is 12.3. The van der Waals surface area contributed by atoms with Crippen molar-refractivity contribution in [2.24, 2.45) is 0 Å². The molecule has 2 aromatic rings. The van der Waals surface area contributed by atoms with Crippen LogP contribution in [-0.2, 0) is 0 Å². The normalized spacial score (nSPS) is 16.3. The average molecular weight is 426 g/mol. The van der Waals surface area contributed by atoms with E-state index in [1.165, 1.54) is 31.1 Å². The maximum Gasteiger partial charge on any atom is 0.257 e. The Hall–Kier alpha value is -3.25. The summed E-state index contributed by atoms with van der Waals surface area (Å²) in [6.07, 6.45) is 3.69. The zero-order valence-corrected chi connectivity index (χ0v) is 17.7. The van der Waals surface area contributed by atoms with Gasteiger partial charge in [0, 0.05) is 25.4 Å². The van der Waals surface area contributed by atoms with E-state index in [0.29, 0.717) is 0 Å². The van der Waals surface area contributed by atoms with Crippen LogP contribution in [0.5, 0.6) is 5.75 Å². The molecule has 1 aliphatic heterocycles. The highest BCUT2D eigenvalue weighted by atomic mass is 32.2. The lowest BCUT2D eigenvalue weighted by atomic mass is 10.0. The summed E-state index contributed by atoms with van der Waals surface area (Å²) in [5.74, 6) is -0.887. The van der Waals surface area contributed by atoms with Crippen LogP contribution in [0.1, 0.15) is 35.7 Å². The van der Waals surface area contributed by atoms with Crippen LogP contribution in [-0.4, -0.2) is 41.3 Å². The fraction of sp³-hybridized carbons (Fsp3) is 0.333. The number of carbonyl (C=O) groups is 1. The predicted octanol–water partition coefficient (Wildman–Crippen LogP) is 2.51. The Bertz CT molecular complexity index is 1120. The number of thioether (sulfide) groups is 1. The first kappa shape index (κ1) is 21.5. The molecule has 3 N–H and O–H groups in total. The van der Waals surface area contributed by atoms with Gasteiger partial charge in [-0.3, -0.25) is 14.4 Å². The van der Waals surface area contributed by atoms with Gasteiger partial charge in [-0.25, -0.2) is 0 Å². The fourth-order valence-corrected chi connectivity index (χ4v) is 4.38. The summed E-state index contributed by atoms with van der Waals surface area (Å²) in [4.78, 5) is 38.0. The molecule has 9 heteroatoms. The third-order valence-electron chi connectivity index (χ3n) is 4.98. The van der Waals surface area contributed by atoms with Gasteiger partial charge in [0.1, 0.15) is 11.4 Å². The molecule has 0 spiro atoms. The SMILES string of the molecule is CC[C@@H](Nc1c(Nc2cc(C#N)cc(C(=O)N(C)C)c2O)c(=O)c1=O)C1CC=CS1. The van der Waals surface area contributed by atoms with Gasteiger partial charge in [0.25, 0.3) is 16.8 Å². The molecule has 30 heavy (non-hydrogen) atoms. The highest BCUT2D eigenvalue weighted by Crippen LogP contribution is 2.35. The summed E-state index contributed by atoms with van der Waals surface area (Å²) < 4.78 is 0. The van der Waals surface area contributed by atoms with Gasteiger partial charge >= 0.3 is 0 Å². The van der Waals surface area contributed by atoms with Crippen molar-refractivity contribution in [3.63, 3.8) is 0 Å². The van der Waals surface area contributed by atoms with Gasteiger partial charge in [0.15, 0.2) is 5.75 Å². The number of phenolic OH excluding ortho intramolecular Hbond substituents is 1. The molecule has 0 aromatic heterocycles. The largest absolute Gasteiger partial charge is 0.505 e. The molecule has 1 amide bonds. The summed E-state index contributed by atoms with van der Waals surface area (Å²) in [5.41, 5.74) is -1.11. The Morgan fingerprint density at radius 3 is 2.60 bits per heavy atom. The zero-order chi connectivity index (χ0) is 22.0. The van der Waals surface area contributed by atoms with Gasteiger partial charge < -0.3 is 20.6 Å². The van der Waals surface area contributed by atoms with E-state index in [4.69, 9.17) is 0 Å². The quantitative estimate of drug-likeness (QED) is 0.456. The number of hydrogen-bond acceptors (Lipinski definition) is 8. The van der Waals surface area contributed by atoms with E-state index in [0.717, 1.165) is 12.8 Å². The third kappa shape index (κ3) is 3.91. The lowest BCUT2D eigenvalue weighted by Gasteiger charge is -2.26. The number of hydrogen-bond donors (Lipinski definition) is 3. The van der Waals surface area contributed by atoms with E-state index < -0.39 is 22.5 Å². The molecule has 8 nitrogen and oxygen atoms in total. The van der Waals surface area contributed by atoms with Crippen molar-refractivity contribution in [1.82, 2.24) is 4.90 Å². The van der Waals surface area contributed by atoms with Gasteiger partial charge in [-0.1, -0.05) is 13.0 Å². The van der Waals surface area contributed by atoms with Gasteiger partial charge in [0.05, 0.1) is 22.9 Å². The van der Waals surface area contributed by atoms with E-state index in [1.54, 1.807) is 11.8 Å². The smallest absolute Gasteiger partial charge is 0.257 e. The van der Waals surface area contributed by atoms with Gasteiger partial charge in [-0.15, -0.1) is 11.8 Å². The maximum absolute atomic E-state index is 12.3. The van der Waals surface area contributed by atoms with Crippen LogP contribution in [0.15, 0.2) is 33.2 Å². The molecule has 0 saturated heterocycles. The lowest BCUT2D eigenvalue weighted by molar-refractivity contribution is 0.0824. The fourth-order valence-electron chi connectivity index (χ4n) is 3.29. The van der Waals surface area contributed by atoms with Crippen molar-refractivity contribution in [2.45, 2.75) is 31.1 Å². The topological polar surface area (TPSA) is 123 Å². The highest BCUT2D eigenvalue weighted by Gasteiger charge is 2.28. The second-order valence-electron chi connectivity index (χ2n) is 7.21. The Morgan fingerprint density at radius 2 is 2.03 bits per heavy atom. The molecule has 1 unspecified atom stereocenters. The monoisotopic (exact) mass is 426 g/mol. The summed E-state index contributed by atoms with van der Waals surface area (Å²) in [7, 11) is 3.04. The van der Waals surface area contributed by atoms with Gasteiger partial charge in [0.2, 0.25) is 0 Å². The highest BCUT2D eigenvalue weighted by molar-refractivity contribution is 8.03. The van der Waals surface area contributed by atoms with Gasteiger partial charge in [-0.05, 0) is 30.4 Å². The number of nitrogens with zero attached hydrogens (tertiary/aromatic N) is 2. The van der Waals surface area contributed by atoms with E-state index in [-0.39, 0.29) is 39.5 Å². The molecule has 0 saturated carbocycles. The minimum absolute atomic E-state index is 0.0133. The van der Waals surface area contributed by atoms with E-state index >= 15 is 0 Å². The first-order chi connectivity index (χ1) is 14.3. The molecule has 0 radical (unpaired) electrons. The molecule has 2 atom stereocenters. The van der Waals surface area contributed by atoms with Crippen molar-refractivity contribution < 1.29 is 9.90 Å². The summed E-state index contributed by atoms with van der Waals surface area (Å²) >= 11 is 1.67. The lowest BCUT2D eigenvalue weighted by Crippen LogP contribution is -2.41. The number of amides is 1. The Balaban J connectivity index is 1.94. The molecule has 0 fully saturated rings. The van der Waals surface area contributed by atoms with E-state index in [9.17, 15) is 24.8 Å². The first-order valence-corrected chi connectivity index (χ1v) is 10.4. The molecule has 0 aliphatic carbocycles. The van der Waals surface area contributed by atoms with Gasteiger partial charge in [-0.2, -0.15) is 5.26 Å². The van der Waals surface area contributed by atoms with Crippen LogP contribution < -0.4 is 21.5 Å². The summed E-state index contributed by atoms with van der Waals surface area (Å²) in [6.45, 7) is 2.00. The third-order valence-corrected chi connectivity index (χ3v) is 6.20. The Kier molecular flexibility index (Phi) is 6.17. The molecular formula is C21H22N4O4S. The van der Waals surface area contributed by atoms with Crippen molar-refractivity contribution in [3.05, 3.63) is 55.2 Å². The number of nitriles is 1. The summed E-state index contributed by atoms with van der Waals surface area (Å²) in [5, 5.41) is 28.0. The van der Waals surface area contributed by atoms with Crippen molar-refractivity contribution in [1.29, 1.82) is 5.26 Å². The average Bonchev–Trinajstić information content (AvgIpc) is 3.28. The molecule has 1 aliphatic rings. The van der Waals surface area contributed by atoms with Crippen LogP contribution in [0.2, 0.25) is 0 Å². The van der Waals surface area contributed by atoms with E-state index in [2.05, 4.69) is 16.7 Å². The minimum Gasteiger partial charge on any atom is -0.505 e. The minimum atomic E-state index is -0.716. The summed E-state index contributed by atoms with van der Waals surface area (Å²) in [6, 6.07) is 4.53. The Labute approximate surface area is 177 Å². The molecule has 1 heterocycles. The number of aromatic hydroxyl groups is 1. The predicted molar refractivity (Wildman–Crippen MR) is 118 cm³/mol. The number of benzene rings is 1. The second kappa shape index (κ2) is 8.63. The van der Waals surface area contributed by atoms with Crippen LogP contribution in [0.3, 0.4) is 0 Å². The second-order valence-corrected chi connectivity index (χ2v) is 8.36. The van der Waals surface area contributed by atoms with Crippen LogP contribution in [0, 0.1) is 11.3 Å². The molecule has 2 aromatic carbocycles. The molecule has 0 bridgehead atoms. The van der Waals surface area contributed by atoms with E-state index in [1.807, 2.05) is 18.4 Å². The van der Waals surface area contributed by atoms with Crippen molar-refractivity contribution >= 4 is 34.7 Å². The molecular weight excluding hydrogens is 404 g/mol. The number of rotatable bonds is 7. The van der Waals surface area contributed by atoms with Crippen molar-refractivity contribution in [3.8, 4) is 11.8 Å². The zero-order valence-electron chi connectivity index (χ0n) is 16.9. The van der Waals surface area contributed by atoms with Crippen LogP contribution in [0.25, 0.3) is 0 Å². The molecule has 156 valence electrons. The first-order valence-electron chi connectivity index (χ1n) is 9.44. The number of carbonyl (C=O) groups excluding carboxylic acids is 1. The van der Waals surface area contributed by atoms with Crippen molar-refractivity contribution in [2.75, 3.05) is 24.7 Å². The Morgan fingerprint density at radius 1 is 1.33 bits per heavy atom. The number of anilines is 3. The standard InChI is InChI=1S/C21H22N4O4S/c1-4-13(15-6-5-7-30-15)23-16-17(20(28)19(16)27)24-14-9-11(10-22)8-12(18(14)26)21(29)25(2)3/h5,7-9,13,15,23-24,26H,4,6H2,1-3H3/t13-,15?/m1/s1. The van der Waals surface area contributed by atoms with Crippen LogP contribution >= 0.6 is 11.8 Å². The van der Waals surface area contributed by atoms with Crippen LogP contribution in [0.4, 0.5) is 17.1 Å².